The molecule has 9 N–H and O–H groups in total. The summed E-state index contributed by atoms with van der Waals surface area (Å²) in [6.45, 7) is -0.173. The van der Waals surface area contributed by atoms with E-state index in [9.17, 15) is 14.4 Å². The number of carbonyl (C=O) groups is 3. The first-order chi connectivity index (χ1) is 7.72. The SMILES string of the molecule is NC(=O)CC(N)C(=O)O.N[C@@H](CCO)C(=O)O. The zero-order valence-corrected chi connectivity index (χ0v) is 9.07. The zero-order chi connectivity index (χ0) is 14.0. The van der Waals surface area contributed by atoms with Gasteiger partial charge in [-0.1, -0.05) is 0 Å². The fourth-order valence-corrected chi connectivity index (χ4v) is 0.567. The number of aliphatic hydroxyl groups excluding tert-OH is 1. The average molecular weight is 251 g/mol. The van der Waals surface area contributed by atoms with Crippen molar-refractivity contribution in [2.45, 2.75) is 24.9 Å². The van der Waals surface area contributed by atoms with Crippen molar-refractivity contribution < 1.29 is 29.7 Å². The Morgan fingerprint density at radius 2 is 1.41 bits per heavy atom. The summed E-state index contributed by atoms with van der Waals surface area (Å²) in [5.41, 5.74) is 14.5. The predicted molar refractivity (Wildman–Crippen MR) is 56.7 cm³/mol. The quantitative estimate of drug-likeness (QED) is 0.288. The molecule has 17 heavy (non-hydrogen) atoms. The summed E-state index contributed by atoms with van der Waals surface area (Å²) in [7, 11) is 0. The largest absolute Gasteiger partial charge is 0.480 e. The molecule has 0 saturated carbocycles. The number of carboxylic acids is 2. The third-order valence-electron chi connectivity index (χ3n) is 1.50. The van der Waals surface area contributed by atoms with Crippen LogP contribution in [0.2, 0.25) is 0 Å². The highest BCUT2D eigenvalue weighted by Crippen LogP contribution is 1.84. The number of nitrogens with two attached hydrogens (primary N) is 3. The van der Waals surface area contributed by atoms with E-state index in [1.54, 1.807) is 0 Å². The number of carboxylic acid groups (broad SMARTS) is 2. The topological polar surface area (TPSA) is 190 Å². The number of amides is 1. The van der Waals surface area contributed by atoms with E-state index in [4.69, 9.17) is 26.8 Å². The monoisotopic (exact) mass is 251 g/mol. The summed E-state index contributed by atoms with van der Waals surface area (Å²) in [6, 6.07) is -2.08. The van der Waals surface area contributed by atoms with Crippen LogP contribution in [-0.2, 0) is 14.4 Å². The van der Waals surface area contributed by atoms with Crippen molar-refractivity contribution in [2.75, 3.05) is 6.61 Å². The van der Waals surface area contributed by atoms with Gasteiger partial charge in [-0.25, -0.2) is 0 Å². The average Bonchev–Trinajstić information content (AvgIpc) is 2.17. The molecule has 9 heteroatoms. The van der Waals surface area contributed by atoms with E-state index in [1.165, 1.54) is 0 Å². The Bertz CT molecular complexity index is 270. The maximum absolute atomic E-state index is 9.99. The maximum Gasteiger partial charge on any atom is 0.321 e. The molecule has 0 aromatic heterocycles. The lowest BCUT2D eigenvalue weighted by molar-refractivity contribution is -0.140. The number of aliphatic carboxylic acids is 2. The summed E-state index contributed by atoms with van der Waals surface area (Å²) in [5.74, 6) is -2.99. The summed E-state index contributed by atoms with van der Waals surface area (Å²) in [4.78, 5) is 29.7. The highest BCUT2D eigenvalue weighted by Gasteiger charge is 2.13. The molecule has 1 unspecified atom stereocenters. The first kappa shape index (κ1) is 17.7. The van der Waals surface area contributed by atoms with Gasteiger partial charge in [0.05, 0.1) is 6.42 Å². The van der Waals surface area contributed by atoms with E-state index in [1.807, 2.05) is 0 Å². The molecule has 0 rings (SSSR count). The van der Waals surface area contributed by atoms with Crippen molar-refractivity contribution in [3.63, 3.8) is 0 Å². The Kier molecular flexibility index (Phi) is 9.89. The molecule has 0 bridgehead atoms. The molecular formula is C8H17N3O6. The van der Waals surface area contributed by atoms with Gasteiger partial charge in [0, 0.05) is 6.61 Å². The van der Waals surface area contributed by atoms with Crippen LogP contribution < -0.4 is 17.2 Å². The number of rotatable bonds is 6. The number of primary amides is 1. The minimum Gasteiger partial charge on any atom is -0.480 e. The Labute approximate surface area is 97.2 Å². The van der Waals surface area contributed by atoms with Crippen LogP contribution in [0.5, 0.6) is 0 Å². The van der Waals surface area contributed by atoms with Crippen molar-refractivity contribution in [2.24, 2.45) is 17.2 Å². The Morgan fingerprint density at radius 3 is 1.53 bits per heavy atom. The standard InChI is InChI=1S/C4H8N2O3.C4H9NO3/c5-2(4(8)9)1-3(6)7;5-3(1-2-6)4(7)8/h2H,1,5H2,(H2,6,7)(H,8,9);3,6H,1-2,5H2,(H,7,8)/t;3-/m.0/s1. The molecule has 9 nitrogen and oxygen atoms in total. The van der Waals surface area contributed by atoms with E-state index in [2.05, 4.69) is 5.73 Å². The van der Waals surface area contributed by atoms with Gasteiger partial charge in [-0.05, 0) is 6.42 Å². The molecule has 0 fully saturated rings. The molecular weight excluding hydrogens is 234 g/mol. The Balaban J connectivity index is 0. The smallest absolute Gasteiger partial charge is 0.321 e. The lowest BCUT2D eigenvalue weighted by atomic mass is 10.2. The number of aliphatic hydroxyl groups is 1. The summed E-state index contributed by atoms with van der Waals surface area (Å²) >= 11 is 0. The minimum absolute atomic E-state index is 0.120. The second kappa shape index (κ2) is 9.51. The van der Waals surface area contributed by atoms with Crippen molar-refractivity contribution >= 4 is 17.8 Å². The van der Waals surface area contributed by atoms with Gasteiger partial charge in [-0.15, -0.1) is 0 Å². The molecule has 0 aliphatic carbocycles. The molecule has 0 saturated heterocycles. The molecule has 0 aliphatic rings. The van der Waals surface area contributed by atoms with Crippen molar-refractivity contribution in [1.29, 1.82) is 0 Å². The molecule has 0 aromatic carbocycles. The van der Waals surface area contributed by atoms with E-state index in [0.29, 0.717) is 0 Å². The van der Waals surface area contributed by atoms with Crippen LogP contribution in [0, 0.1) is 0 Å². The molecule has 0 aliphatic heterocycles. The van der Waals surface area contributed by atoms with Gasteiger partial charge in [0.2, 0.25) is 5.91 Å². The van der Waals surface area contributed by atoms with Crippen LogP contribution in [0.3, 0.4) is 0 Å². The molecule has 1 amide bonds. The van der Waals surface area contributed by atoms with E-state index >= 15 is 0 Å². The van der Waals surface area contributed by atoms with Gasteiger partial charge in [0.25, 0.3) is 0 Å². The van der Waals surface area contributed by atoms with E-state index < -0.39 is 29.9 Å². The normalized spacial score (nSPS) is 12.9. The first-order valence-corrected chi connectivity index (χ1v) is 4.58. The zero-order valence-electron chi connectivity index (χ0n) is 9.07. The van der Waals surface area contributed by atoms with Crippen molar-refractivity contribution in [3.05, 3.63) is 0 Å². The van der Waals surface area contributed by atoms with Crippen LogP contribution in [0.15, 0.2) is 0 Å². The number of carbonyl (C=O) groups excluding carboxylic acids is 1. The third kappa shape index (κ3) is 12.2. The van der Waals surface area contributed by atoms with Crippen LogP contribution >= 0.6 is 0 Å². The number of hydrogen-bond acceptors (Lipinski definition) is 6. The summed E-state index contributed by atoms with van der Waals surface area (Å²) in [6.07, 6.45) is -0.190. The van der Waals surface area contributed by atoms with Gasteiger partial charge < -0.3 is 32.5 Å². The Hall–Kier alpha value is -1.71. The third-order valence-corrected chi connectivity index (χ3v) is 1.50. The first-order valence-electron chi connectivity index (χ1n) is 4.58. The fraction of sp³-hybridized carbons (Fsp3) is 0.625. The molecule has 0 spiro atoms. The number of hydrogen-bond donors (Lipinski definition) is 6. The second-order valence-electron chi connectivity index (χ2n) is 3.07. The maximum atomic E-state index is 9.99. The summed E-state index contributed by atoms with van der Waals surface area (Å²) < 4.78 is 0. The van der Waals surface area contributed by atoms with Gasteiger partial charge in [-0.2, -0.15) is 0 Å². The van der Waals surface area contributed by atoms with Gasteiger partial charge in [-0.3, -0.25) is 14.4 Å². The fourth-order valence-electron chi connectivity index (χ4n) is 0.567. The lowest BCUT2D eigenvalue weighted by Crippen LogP contribution is -2.34. The molecule has 0 radical (unpaired) electrons. The Morgan fingerprint density at radius 1 is 1.00 bits per heavy atom. The highest BCUT2D eigenvalue weighted by molar-refractivity contribution is 5.83. The highest BCUT2D eigenvalue weighted by atomic mass is 16.4. The molecule has 2 atom stereocenters. The van der Waals surface area contributed by atoms with E-state index in [-0.39, 0.29) is 19.4 Å². The predicted octanol–water partition coefficient (Wildman–Crippen LogP) is -2.95. The van der Waals surface area contributed by atoms with Gasteiger partial charge in [0.1, 0.15) is 12.1 Å². The van der Waals surface area contributed by atoms with Gasteiger partial charge >= 0.3 is 11.9 Å². The van der Waals surface area contributed by atoms with Crippen LogP contribution in [0.4, 0.5) is 0 Å². The lowest BCUT2D eigenvalue weighted by Gasteiger charge is -2.00. The van der Waals surface area contributed by atoms with Crippen molar-refractivity contribution in [1.82, 2.24) is 0 Å². The second-order valence-corrected chi connectivity index (χ2v) is 3.07. The van der Waals surface area contributed by atoms with Crippen LogP contribution in [0.1, 0.15) is 12.8 Å². The minimum atomic E-state index is -1.21. The van der Waals surface area contributed by atoms with E-state index in [0.717, 1.165) is 0 Å². The van der Waals surface area contributed by atoms with Crippen LogP contribution in [0.25, 0.3) is 0 Å². The molecule has 100 valence electrons. The van der Waals surface area contributed by atoms with Gasteiger partial charge in [0.15, 0.2) is 0 Å². The molecule has 0 aromatic rings. The van der Waals surface area contributed by atoms with Crippen LogP contribution in [-0.4, -0.2) is 51.9 Å². The summed E-state index contributed by atoms with van der Waals surface area (Å²) in [5, 5.41) is 24.3. The van der Waals surface area contributed by atoms with Crippen molar-refractivity contribution in [3.8, 4) is 0 Å². The molecule has 0 heterocycles.